The molecule has 1 aliphatic rings. The van der Waals surface area contributed by atoms with E-state index < -0.39 is 0 Å². The largest absolute Gasteiger partial charge is 0.504 e. The van der Waals surface area contributed by atoms with Gasteiger partial charge >= 0.3 is 0 Å². The Morgan fingerprint density at radius 2 is 1.93 bits per heavy atom. The predicted molar refractivity (Wildman–Crippen MR) is 54.1 cm³/mol. The number of aliphatic hydroxyl groups excluding tert-OH is 1. The second kappa shape index (κ2) is 3.29. The van der Waals surface area contributed by atoms with E-state index in [0.29, 0.717) is 6.42 Å². The van der Waals surface area contributed by atoms with Crippen LogP contribution in [0.25, 0.3) is 0 Å². The minimum absolute atomic E-state index is 0.0427. The van der Waals surface area contributed by atoms with Gasteiger partial charge in [0.15, 0.2) is 11.5 Å². The van der Waals surface area contributed by atoms with E-state index in [9.17, 15) is 9.90 Å². The molecular formula is C12H12O2. The summed E-state index contributed by atoms with van der Waals surface area (Å²) in [4.78, 5) is 11.3. The first-order valence-electron chi connectivity index (χ1n) is 4.68. The SMILES string of the molecule is CC1=C(O)C(=O)C[C@@H]1c1ccccc1. The van der Waals surface area contributed by atoms with Gasteiger partial charge in [0.2, 0.25) is 0 Å². The van der Waals surface area contributed by atoms with Crippen molar-refractivity contribution in [1.29, 1.82) is 0 Å². The Hall–Kier alpha value is -1.57. The Bertz CT molecular complexity index is 390. The number of ketones is 1. The normalized spacial score (nSPS) is 21.8. The number of carbonyl (C=O) groups is 1. The van der Waals surface area contributed by atoms with E-state index in [1.165, 1.54) is 0 Å². The van der Waals surface area contributed by atoms with Crippen molar-refractivity contribution in [3.63, 3.8) is 0 Å². The van der Waals surface area contributed by atoms with Crippen molar-refractivity contribution in [2.24, 2.45) is 0 Å². The van der Waals surface area contributed by atoms with Crippen LogP contribution >= 0.6 is 0 Å². The number of hydrogen-bond donors (Lipinski definition) is 1. The maximum Gasteiger partial charge on any atom is 0.197 e. The molecule has 0 aromatic heterocycles. The van der Waals surface area contributed by atoms with Crippen molar-refractivity contribution in [2.75, 3.05) is 0 Å². The first-order valence-corrected chi connectivity index (χ1v) is 4.68. The lowest BCUT2D eigenvalue weighted by Gasteiger charge is -2.09. The van der Waals surface area contributed by atoms with E-state index in [4.69, 9.17) is 0 Å². The molecule has 0 amide bonds. The van der Waals surface area contributed by atoms with Gasteiger partial charge < -0.3 is 5.11 Å². The van der Waals surface area contributed by atoms with Gasteiger partial charge in [0, 0.05) is 12.3 Å². The van der Waals surface area contributed by atoms with E-state index in [2.05, 4.69) is 0 Å². The lowest BCUT2D eigenvalue weighted by Crippen LogP contribution is -1.97. The Balaban J connectivity index is 2.36. The molecule has 0 aliphatic heterocycles. The van der Waals surface area contributed by atoms with Crippen LogP contribution in [-0.2, 0) is 4.79 Å². The molecular weight excluding hydrogens is 176 g/mol. The summed E-state index contributed by atoms with van der Waals surface area (Å²) in [7, 11) is 0. The fraction of sp³-hybridized carbons (Fsp3) is 0.250. The molecule has 0 bridgehead atoms. The third kappa shape index (κ3) is 1.33. The van der Waals surface area contributed by atoms with Crippen LogP contribution in [0, 0.1) is 0 Å². The van der Waals surface area contributed by atoms with Crippen LogP contribution in [0.15, 0.2) is 41.7 Å². The number of allylic oxidation sites excluding steroid dienone is 2. The van der Waals surface area contributed by atoms with Gasteiger partial charge in [0.05, 0.1) is 0 Å². The first-order chi connectivity index (χ1) is 6.70. The van der Waals surface area contributed by atoms with Gasteiger partial charge in [-0.15, -0.1) is 0 Å². The predicted octanol–water partition coefficient (Wildman–Crippen LogP) is 2.58. The van der Waals surface area contributed by atoms with Crippen molar-refractivity contribution >= 4 is 5.78 Å². The average molecular weight is 188 g/mol. The summed E-state index contributed by atoms with van der Waals surface area (Å²) in [6.45, 7) is 1.82. The molecule has 0 fully saturated rings. The standard InChI is InChI=1S/C12H12O2/c1-8-10(7-11(13)12(8)14)9-5-3-2-4-6-9/h2-6,10,14H,7H2,1H3/t10-/m0/s1. The fourth-order valence-corrected chi connectivity index (χ4v) is 1.87. The quantitative estimate of drug-likeness (QED) is 0.735. The van der Waals surface area contributed by atoms with Crippen LogP contribution in [0.2, 0.25) is 0 Å². The van der Waals surface area contributed by atoms with Gasteiger partial charge in [-0.2, -0.15) is 0 Å². The van der Waals surface area contributed by atoms with Gasteiger partial charge in [0.25, 0.3) is 0 Å². The number of benzene rings is 1. The second-order valence-electron chi connectivity index (χ2n) is 3.62. The Labute approximate surface area is 82.9 Å². The van der Waals surface area contributed by atoms with E-state index >= 15 is 0 Å². The maximum absolute atomic E-state index is 11.3. The minimum atomic E-state index is -0.142. The summed E-state index contributed by atoms with van der Waals surface area (Å²) in [5, 5.41) is 9.43. The molecule has 0 unspecified atom stereocenters. The molecule has 72 valence electrons. The van der Waals surface area contributed by atoms with Crippen LogP contribution in [0.1, 0.15) is 24.8 Å². The highest BCUT2D eigenvalue weighted by Crippen LogP contribution is 2.35. The van der Waals surface area contributed by atoms with Crippen LogP contribution in [0.3, 0.4) is 0 Å². The molecule has 14 heavy (non-hydrogen) atoms. The Morgan fingerprint density at radius 1 is 1.29 bits per heavy atom. The highest BCUT2D eigenvalue weighted by Gasteiger charge is 2.30. The Morgan fingerprint density at radius 3 is 2.43 bits per heavy atom. The van der Waals surface area contributed by atoms with Crippen molar-refractivity contribution < 1.29 is 9.90 Å². The molecule has 0 spiro atoms. The smallest absolute Gasteiger partial charge is 0.197 e. The van der Waals surface area contributed by atoms with Crippen molar-refractivity contribution in [2.45, 2.75) is 19.3 Å². The van der Waals surface area contributed by atoms with E-state index in [1.54, 1.807) is 0 Å². The molecule has 1 atom stereocenters. The highest BCUT2D eigenvalue weighted by molar-refractivity contribution is 5.97. The molecule has 1 aromatic rings. The first kappa shape index (κ1) is 9.00. The molecule has 2 heteroatoms. The van der Waals surface area contributed by atoms with Crippen molar-refractivity contribution in [3.05, 3.63) is 47.2 Å². The molecule has 2 nitrogen and oxygen atoms in total. The third-order valence-electron chi connectivity index (χ3n) is 2.75. The number of aliphatic hydroxyl groups is 1. The Kier molecular flexibility index (Phi) is 2.12. The van der Waals surface area contributed by atoms with Crippen molar-refractivity contribution in [1.82, 2.24) is 0 Å². The highest BCUT2D eigenvalue weighted by atomic mass is 16.3. The summed E-state index contributed by atoms with van der Waals surface area (Å²) in [6, 6.07) is 9.81. The van der Waals surface area contributed by atoms with Crippen LogP contribution in [-0.4, -0.2) is 10.9 Å². The van der Waals surface area contributed by atoms with Gasteiger partial charge in [-0.1, -0.05) is 30.3 Å². The molecule has 1 aliphatic carbocycles. The molecule has 0 heterocycles. The molecule has 2 rings (SSSR count). The number of Topliss-reactive ketones (excluding diaryl/α,β-unsaturated/α-hetero) is 1. The minimum Gasteiger partial charge on any atom is -0.504 e. The van der Waals surface area contributed by atoms with Gasteiger partial charge in [-0.05, 0) is 18.1 Å². The zero-order valence-electron chi connectivity index (χ0n) is 8.03. The van der Waals surface area contributed by atoms with E-state index in [-0.39, 0.29) is 17.5 Å². The maximum atomic E-state index is 11.3. The monoisotopic (exact) mass is 188 g/mol. The average Bonchev–Trinajstić information content (AvgIpc) is 2.47. The molecule has 0 saturated carbocycles. The van der Waals surface area contributed by atoms with Crippen LogP contribution < -0.4 is 0 Å². The topological polar surface area (TPSA) is 37.3 Å². The molecule has 1 aromatic carbocycles. The van der Waals surface area contributed by atoms with Crippen LogP contribution in [0.5, 0.6) is 0 Å². The van der Waals surface area contributed by atoms with E-state index in [0.717, 1.165) is 11.1 Å². The van der Waals surface area contributed by atoms with Gasteiger partial charge in [0.1, 0.15) is 0 Å². The molecule has 0 saturated heterocycles. The summed E-state index contributed by atoms with van der Waals surface area (Å²) >= 11 is 0. The van der Waals surface area contributed by atoms with Crippen molar-refractivity contribution in [3.8, 4) is 0 Å². The number of hydrogen-bond acceptors (Lipinski definition) is 2. The lowest BCUT2D eigenvalue weighted by atomic mass is 9.93. The summed E-state index contributed by atoms with van der Waals surface area (Å²) in [5.41, 5.74) is 1.89. The fourth-order valence-electron chi connectivity index (χ4n) is 1.87. The molecule has 1 N–H and O–H groups in total. The van der Waals surface area contributed by atoms with Gasteiger partial charge in [-0.25, -0.2) is 0 Å². The molecule has 0 radical (unpaired) electrons. The summed E-state index contributed by atoms with van der Waals surface area (Å²) in [6.07, 6.45) is 0.404. The van der Waals surface area contributed by atoms with Gasteiger partial charge in [-0.3, -0.25) is 4.79 Å². The summed E-state index contributed by atoms with van der Waals surface area (Å²) in [5.74, 6) is -0.112. The number of rotatable bonds is 1. The van der Waals surface area contributed by atoms with Crippen LogP contribution in [0.4, 0.5) is 0 Å². The summed E-state index contributed by atoms with van der Waals surface area (Å²) < 4.78 is 0. The third-order valence-corrected chi connectivity index (χ3v) is 2.75. The second-order valence-corrected chi connectivity index (χ2v) is 3.62. The van der Waals surface area contributed by atoms with E-state index in [1.807, 2.05) is 37.3 Å². The zero-order chi connectivity index (χ0) is 10.1. The lowest BCUT2D eigenvalue weighted by molar-refractivity contribution is -0.117. The zero-order valence-corrected chi connectivity index (χ0v) is 8.03. The number of carbonyl (C=O) groups excluding carboxylic acids is 1.